The molecule has 2 aromatic carbocycles. The molecular formula is C20H20F4N2O3S. The monoisotopic (exact) mass is 444 g/mol. The number of hydrogen-bond acceptors (Lipinski definition) is 3. The van der Waals surface area contributed by atoms with Crippen molar-refractivity contribution in [2.75, 3.05) is 18.4 Å². The maximum atomic E-state index is 13.8. The number of hydrogen-bond donors (Lipinski definition) is 1. The maximum absolute atomic E-state index is 13.8. The summed E-state index contributed by atoms with van der Waals surface area (Å²) in [4.78, 5) is 12.4. The van der Waals surface area contributed by atoms with Gasteiger partial charge in [-0.15, -0.1) is 0 Å². The van der Waals surface area contributed by atoms with Crippen LogP contribution in [0.25, 0.3) is 0 Å². The number of piperidine rings is 1. The molecule has 1 aliphatic heterocycles. The second kappa shape index (κ2) is 8.73. The molecule has 0 unspecified atom stereocenters. The van der Waals surface area contributed by atoms with Crippen LogP contribution in [0.2, 0.25) is 0 Å². The molecule has 5 nitrogen and oxygen atoms in total. The fourth-order valence-electron chi connectivity index (χ4n) is 3.32. The lowest BCUT2D eigenvalue weighted by Crippen LogP contribution is -2.42. The summed E-state index contributed by atoms with van der Waals surface area (Å²) in [6.45, 7) is 0.162. The van der Waals surface area contributed by atoms with Gasteiger partial charge in [0.25, 0.3) is 0 Å². The number of benzene rings is 2. The molecule has 0 radical (unpaired) electrons. The first-order valence-electron chi connectivity index (χ1n) is 9.25. The number of nitrogens with one attached hydrogen (secondary N) is 1. The largest absolute Gasteiger partial charge is 0.416 e. The van der Waals surface area contributed by atoms with E-state index in [1.165, 1.54) is 34.6 Å². The van der Waals surface area contributed by atoms with E-state index in [9.17, 15) is 30.8 Å². The molecule has 1 N–H and O–H groups in total. The van der Waals surface area contributed by atoms with Crippen LogP contribution in [0.3, 0.4) is 0 Å². The first kappa shape index (κ1) is 22.2. The Bertz CT molecular complexity index is 1020. The quantitative estimate of drug-likeness (QED) is 0.709. The highest BCUT2D eigenvalue weighted by Crippen LogP contribution is 2.31. The lowest BCUT2D eigenvalue weighted by molar-refractivity contribution is -0.137. The number of anilines is 1. The SMILES string of the molecule is O=C(Nc1cccc(C(F)(F)F)c1)C1CCN(S(=O)(=O)Cc2ccccc2F)CC1. The predicted molar refractivity (Wildman–Crippen MR) is 103 cm³/mol. The van der Waals surface area contributed by atoms with Gasteiger partial charge in [-0.1, -0.05) is 24.3 Å². The molecule has 0 saturated carbocycles. The van der Waals surface area contributed by atoms with Crippen molar-refractivity contribution < 1.29 is 30.8 Å². The zero-order valence-corrected chi connectivity index (χ0v) is 16.6. The Morgan fingerprint density at radius 1 is 1.07 bits per heavy atom. The van der Waals surface area contributed by atoms with Crippen LogP contribution in [-0.2, 0) is 26.7 Å². The van der Waals surface area contributed by atoms with Crippen molar-refractivity contribution in [3.63, 3.8) is 0 Å². The molecule has 0 atom stereocenters. The van der Waals surface area contributed by atoms with Crippen molar-refractivity contribution in [3.8, 4) is 0 Å². The highest BCUT2D eigenvalue weighted by Gasteiger charge is 2.33. The zero-order valence-electron chi connectivity index (χ0n) is 15.8. The van der Waals surface area contributed by atoms with Gasteiger partial charge in [-0.05, 0) is 37.1 Å². The first-order valence-corrected chi connectivity index (χ1v) is 10.9. The van der Waals surface area contributed by atoms with Crippen LogP contribution in [0, 0.1) is 11.7 Å². The molecule has 0 aromatic heterocycles. The van der Waals surface area contributed by atoms with E-state index in [0.29, 0.717) is 0 Å². The summed E-state index contributed by atoms with van der Waals surface area (Å²) in [5, 5.41) is 2.47. The minimum atomic E-state index is -4.52. The third kappa shape index (κ3) is 5.37. The van der Waals surface area contributed by atoms with E-state index in [1.807, 2.05) is 0 Å². The molecule has 10 heteroatoms. The van der Waals surface area contributed by atoms with E-state index < -0.39 is 45.2 Å². The van der Waals surface area contributed by atoms with E-state index in [4.69, 9.17) is 0 Å². The highest BCUT2D eigenvalue weighted by molar-refractivity contribution is 7.88. The Kier molecular flexibility index (Phi) is 6.47. The van der Waals surface area contributed by atoms with Crippen LogP contribution in [0.4, 0.5) is 23.2 Å². The van der Waals surface area contributed by atoms with Gasteiger partial charge in [-0.25, -0.2) is 17.1 Å². The minimum absolute atomic E-state index is 0.0319. The number of amides is 1. The van der Waals surface area contributed by atoms with E-state index in [1.54, 1.807) is 6.07 Å². The van der Waals surface area contributed by atoms with E-state index >= 15 is 0 Å². The Hall–Kier alpha value is -2.46. The molecule has 1 aliphatic rings. The Balaban J connectivity index is 1.59. The Morgan fingerprint density at radius 3 is 2.37 bits per heavy atom. The normalized spacial score (nSPS) is 16.4. The van der Waals surface area contributed by atoms with Crippen LogP contribution in [0.1, 0.15) is 24.0 Å². The summed E-state index contributed by atoms with van der Waals surface area (Å²) in [6, 6.07) is 9.95. The summed E-state index contributed by atoms with van der Waals surface area (Å²) in [7, 11) is -3.75. The van der Waals surface area contributed by atoms with Crippen molar-refractivity contribution in [1.29, 1.82) is 0 Å². The molecule has 2 aromatic rings. The molecule has 1 saturated heterocycles. The van der Waals surface area contributed by atoms with Gasteiger partial charge >= 0.3 is 6.18 Å². The van der Waals surface area contributed by atoms with Gasteiger partial charge in [0.2, 0.25) is 15.9 Å². The summed E-state index contributed by atoms with van der Waals surface area (Å²) in [6.07, 6.45) is -4.07. The van der Waals surface area contributed by atoms with Crippen molar-refractivity contribution >= 4 is 21.6 Å². The van der Waals surface area contributed by atoms with E-state index in [-0.39, 0.29) is 37.2 Å². The minimum Gasteiger partial charge on any atom is -0.326 e. The summed E-state index contributed by atoms with van der Waals surface area (Å²) < 4.78 is 78.5. The number of nitrogens with zero attached hydrogens (tertiary/aromatic N) is 1. The number of alkyl halides is 3. The fraction of sp³-hybridized carbons (Fsp3) is 0.350. The van der Waals surface area contributed by atoms with Gasteiger partial charge in [-0.2, -0.15) is 13.2 Å². The van der Waals surface area contributed by atoms with Gasteiger partial charge in [-0.3, -0.25) is 4.79 Å². The van der Waals surface area contributed by atoms with Gasteiger partial charge < -0.3 is 5.32 Å². The van der Waals surface area contributed by atoms with Gasteiger partial charge in [0, 0.05) is 30.3 Å². The fourth-order valence-corrected chi connectivity index (χ4v) is 4.89. The second-order valence-electron chi connectivity index (χ2n) is 7.09. The van der Waals surface area contributed by atoms with Gasteiger partial charge in [0.15, 0.2) is 0 Å². The second-order valence-corrected chi connectivity index (χ2v) is 9.06. The van der Waals surface area contributed by atoms with E-state index in [0.717, 1.165) is 12.1 Å². The molecular weight excluding hydrogens is 424 g/mol. The molecule has 3 rings (SSSR count). The van der Waals surface area contributed by atoms with Crippen LogP contribution in [-0.4, -0.2) is 31.7 Å². The molecule has 1 amide bonds. The first-order chi connectivity index (χ1) is 14.1. The molecule has 1 heterocycles. The number of halogens is 4. The molecule has 0 spiro atoms. The zero-order chi connectivity index (χ0) is 21.9. The third-order valence-corrected chi connectivity index (χ3v) is 6.80. The standard InChI is InChI=1S/C20H20F4N2O3S/c21-18-7-2-1-4-15(18)13-30(28,29)26-10-8-14(9-11-26)19(27)25-17-6-3-5-16(12-17)20(22,23)24/h1-7,12,14H,8-11,13H2,(H,25,27). The van der Waals surface area contributed by atoms with Crippen molar-refractivity contribution in [2.45, 2.75) is 24.8 Å². The smallest absolute Gasteiger partial charge is 0.326 e. The number of carbonyl (C=O) groups is 1. The molecule has 1 fully saturated rings. The molecule has 0 bridgehead atoms. The van der Waals surface area contributed by atoms with E-state index in [2.05, 4.69) is 5.32 Å². The maximum Gasteiger partial charge on any atom is 0.416 e. The Morgan fingerprint density at radius 2 is 1.73 bits per heavy atom. The van der Waals surface area contributed by atoms with Gasteiger partial charge in [0.05, 0.1) is 11.3 Å². The van der Waals surface area contributed by atoms with Crippen LogP contribution >= 0.6 is 0 Å². The molecule has 30 heavy (non-hydrogen) atoms. The van der Waals surface area contributed by atoms with Crippen molar-refractivity contribution in [3.05, 3.63) is 65.5 Å². The number of sulfonamides is 1. The predicted octanol–water partition coefficient (Wildman–Crippen LogP) is 4.03. The lowest BCUT2D eigenvalue weighted by Gasteiger charge is -2.30. The lowest BCUT2D eigenvalue weighted by atomic mass is 9.97. The van der Waals surface area contributed by atoms with Crippen molar-refractivity contribution in [2.24, 2.45) is 5.92 Å². The highest BCUT2D eigenvalue weighted by atomic mass is 32.2. The number of carbonyl (C=O) groups excluding carboxylic acids is 1. The summed E-state index contributed by atoms with van der Waals surface area (Å²) >= 11 is 0. The molecule has 162 valence electrons. The third-order valence-electron chi connectivity index (χ3n) is 4.97. The van der Waals surface area contributed by atoms with Crippen molar-refractivity contribution in [1.82, 2.24) is 4.31 Å². The number of rotatable bonds is 5. The molecule has 0 aliphatic carbocycles. The van der Waals surface area contributed by atoms with Gasteiger partial charge in [0.1, 0.15) is 5.82 Å². The summed E-state index contributed by atoms with van der Waals surface area (Å²) in [5.74, 6) is -2.06. The average molecular weight is 444 g/mol. The average Bonchev–Trinajstić information content (AvgIpc) is 2.69. The topological polar surface area (TPSA) is 66.5 Å². The summed E-state index contributed by atoms with van der Waals surface area (Å²) in [5.41, 5.74) is -0.763. The van der Waals surface area contributed by atoms with Crippen LogP contribution in [0.5, 0.6) is 0 Å². The Labute approximate surface area is 171 Å². The van der Waals surface area contributed by atoms with Crippen LogP contribution < -0.4 is 5.32 Å². The van der Waals surface area contributed by atoms with Crippen LogP contribution in [0.15, 0.2) is 48.5 Å².